The third-order valence-corrected chi connectivity index (χ3v) is 2.80. The molecule has 0 radical (unpaired) electrons. The molecule has 0 aliphatic carbocycles. The summed E-state index contributed by atoms with van der Waals surface area (Å²) in [6.45, 7) is 3.23. The van der Waals surface area contributed by atoms with Crippen LogP contribution >= 0.6 is 0 Å². The van der Waals surface area contributed by atoms with Crippen LogP contribution in [-0.4, -0.2) is 42.1 Å². The minimum absolute atomic E-state index is 0.0203. The molecule has 1 aromatic heterocycles. The van der Waals surface area contributed by atoms with Gasteiger partial charge in [-0.15, -0.1) is 0 Å². The van der Waals surface area contributed by atoms with Crippen molar-refractivity contribution in [2.75, 3.05) is 30.4 Å². The summed E-state index contributed by atoms with van der Waals surface area (Å²) in [4.78, 5) is 21.7. The number of hydrogen-bond donors (Lipinski definition) is 2. The number of carbonyl (C=O) groups is 1. The van der Waals surface area contributed by atoms with Gasteiger partial charge in [-0.05, 0) is 6.42 Å². The first kappa shape index (κ1) is 11.6. The summed E-state index contributed by atoms with van der Waals surface area (Å²) < 4.78 is 0. The Kier molecular flexibility index (Phi) is 3.41. The lowest BCUT2D eigenvalue weighted by Gasteiger charge is -2.17. The molecule has 6 nitrogen and oxygen atoms in total. The molecule has 1 amide bonds. The Morgan fingerprint density at radius 2 is 2.35 bits per heavy atom. The highest BCUT2D eigenvalue weighted by molar-refractivity contribution is 5.73. The van der Waals surface area contributed by atoms with Crippen molar-refractivity contribution in [3.8, 4) is 0 Å². The molecule has 0 saturated carbocycles. The second-order valence-electron chi connectivity index (χ2n) is 4.14. The molecule has 1 aliphatic rings. The summed E-state index contributed by atoms with van der Waals surface area (Å²) in [6.07, 6.45) is 4.38. The van der Waals surface area contributed by atoms with Crippen molar-refractivity contribution in [3.63, 3.8) is 0 Å². The molecule has 1 unspecified atom stereocenters. The fourth-order valence-corrected chi connectivity index (χ4v) is 2.00. The van der Waals surface area contributed by atoms with Crippen LogP contribution in [0.1, 0.15) is 13.3 Å². The first-order valence-corrected chi connectivity index (χ1v) is 5.71. The minimum Gasteiger partial charge on any atom is -0.372 e. The second kappa shape index (κ2) is 4.99. The summed E-state index contributed by atoms with van der Waals surface area (Å²) in [5, 5.41) is 5.89. The Hall–Kier alpha value is -1.85. The monoisotopic (exact) mass is 235 g/mol. The largest absolute Gasteiger partial charge is 0.372 e. The number of carbonyl (C=O) groups excluding carboxylic acids is 1. The predicted molar refractivity (Wildman–Crippen MR) is 66.0 cm³/mol. The lowest BCUT2D eigenvalue weighted by Crippen LogP contribution is -2.35. The molecule has 0 spiro atoms. The molecule has 2 rings (SSSR count). The van der Waals surface area contributed by atoms with Crippen molar-refractivity contribution < 1.29 is 4.79 Å². The number of hydrogen-bond acceptors (Lipinski definition) is 5. The van der Waals surface area contributed by atoms with Gasteiger partial charge in [-0.1, -0.05) is 0 Å². The van der Waals surface area contributed by atoms with Crippen molar-refractivity contribution in [2.45, 2.75) is 19.4 Å². The molecule has 0 aromatic carbocycles. The van der Waals surface area contributed by atoms with E-state index in [1.807, 2.05) is 7.05 Å². The molecule has 2 heterocycles. The summed E-state index contributed by atoms with van der Waals surface area (Å²) in [7, 11) is 1.82. The van der Waals surface area contributed by atoms with E-state index >= 15 is 0 Å². The maximum Gasteiger partial charge on any atom is 0.217 e. The SMILES string of the molecule is CNc1cncc(N2CCC(NC(C)=O)C2)n1. The highest BCUT2D eigenvalue weighted by atomic mass is 16.1. The molecule has 1 fully saturated rings. The first-order chi connectivity index (χ1) is 8.19. The Morgan fingerprint density at radius 1 is 1.53 bits per heavy atom. The van der Waals surface area contributed by atoms with Gasteiger partial charge in [-0.2, -0.15) is 0 Å². The molecule has 92 valence electrons. The van der Waals surface area contributed by atoms with Gasteiger partial charge < -0.3 is 15.5 Å². The van der Waals surface area contributed by atoms with Gasteiger partial charge in [0.2, 0.25) is 5.91 Å². The van der Waals surface area contributed by atoms with Gasteiger partial charge in [0.05, 0.1) is 12.4 Å². The van der Waals surface area contributed by atoms with Crippen LogP contribution in [0.4, 0.5) is 11.6 Å². The first-order valence-electron chi connectivity index (χ1n) is 5.71. The van der Waals surface area contributed by atoms with E-state index in [1.54, 1.807) is 19.3 Å². The predicted octanol–water partition coefficient (Wildman–Crippen LogP) is 0.233. The van der Waals surface area contributed by atoms with E-state index in [2.05, 4.69) is 25.5 Å². The zero-order chi connectivity index (χ0) is 12.3. The molecule has 2 N–H and O–H groups in total. The summed E-state index contributed by atoms with van der Waals surface area (Å²) >= 11 is 0. The van der Waals surface area contributed by atoms with E-state index in [0.29, 0.717) is 0 Å². The van der Waals surface area contributed by atoms with Gasteiger partial charge in [0.25, 0.3) is 0 Å². The quantitative estimate of drug-likeness (QED) is 0.785. The minimum atomic E-state index is 0.0203. The normalized spacial score (nSPS) is 19.2. The molecule has 6 heteroatoms. The number of rotatable bonds is 3. The van der Waals surface area contributed by atoms with Crippen molar-refractivity contribution in [1.82, 2.24) is 15.3 Å². The number of amides is 1. The molecule has 1 aliphatic heterocycles. The maximum atomic E-state index is 11.0. The zero-order valence-corrected chi connectivity index (χ0v) is 10.1. The molecule has 0 bridgehead atoms. The number of nitrogens with one attached hydrogen (secondary N) is 2. The number of nitrogens with zero attached hydrogens (tertiary/aromatic N) is 3. The standard InChI is InChI=1S/C11H17N5O/c1-8(17)14-9-3-4-16(7-9)11-6-13-5-10(12-2)15-11/h5-6,9H,3-4,7H2,1-2H3,(H,12,15)(H,14,17). The molecule has 17 heavy (non-hydrogen) atoms. The average molecular weight is 235 g/mol. The summed E-state index contributed by atoms with van der Waals surface area (Å²) in [6, 6.07) is 0.215. The highest BCUT2D eigenvalue weighted by Gasteiger charge is 2.24. The van der Waals surface area contributed by atoms with E-state index < -0.39 is 0 Å². The zero-order valence-electron chi connectivity index (χ0n) is 10.1. The van der Waals surface area contributed by atoms with Crippen LogP contribution in [0.3, 0.4) is 0 Å². The molecule has 1 atom stereocenters. The van der Waals surface area contributed by atoms with Gasteiger partial charge >= 0.3 is 0 Å². The van der Waals surface area contributed by atoms with Crippen molar-refractivity contribution >= 4 is 17.5 Å². The van der Waals surface area contributed by atoms with E-state index in [1.165, 1.54) is 0 Å². The van der Waals surface area contributed by atoms with Crippen LogP contribution in [0.2, 0.25) is 0 Å². The molecule has 1 saturated heterocycles. The maximum absolute atomic E-state index is 11.0. The van der Waals surface area contributed by atoms with Gasteiger partial charge in [0.15, 0.2) is 0 Å². The highest BCUT2D eigenvalue weighted by Crippen LogP contribution is 2.18. The van der Waals surface area contributed by atoms with Crippen LogP contribution in [-0.2, 0) is 4.79 Å². The topological polar surface area (TPSA) is 70.2 Å². The third-order valence-electron chi connectivity index (χ3n) is 2.80. The van der Waals surface area contributed by atoms with Crippen LogP contribution in [0, 0.1) is 0 Å². The molecular weight excluding hydrogens is 218 g/mol. The van der Waals surface area contributed by atoms with E-state index in [9.17, 15) is 4.79 Å². The fourth-order valence-electron chi connectivity index (χ4n) is 2.00. The second-order valence-corrected chi connectivity index (χ2v) is 4.14. The van der Waals surface area contributed by atoms with Gasteiger partial charge in [-0.25, -0.2) is 4.98 Å². The summed E-state index contributed by atoms with van der Waals surface area (Å²) in [5.74, 6) is 1.63. The van der Waals surface area contributed by atoms with E-state index in [4.69, 9.17) is 0 Å². The third kappa shape index (κ3) is 2.83. The lowest BCUT2D eigenvalue weighted by atomic mass is 10.3. The number of anilines is 2. The Labute approximate surface area is 100 Å². The van der Waals surface area contributed by atoms with Crippen LogP contribution < -0.4 is 15.5 Å². The number of aromatic nitrogens is 2. The van der Waals surface area contributed by atoms with Gasteiger partial charge in [0, 0.05) is 33.1 Å². The van der Waals surface area contributed by atoms with Crippen LogP contribution in [0.25, 0.3) is 0 Å². The molecular formula is C11H17N5O. The summed E-state index contributed by atoms with van der Waals surface area (Å²) in [5.41, 5.74) is 0. The Morgan fingerprint density at radius 3 is 3.06 bits per heavy atom. The van der Waals surface area contributed by atoms with Gasteiger partial charge in [0.1, 0.15) is 11.6 Å². The van der Waals surface area contributed by atoms with E-state index in [-0.39, 0.29) is 11.9 Å². The van der Waals surface area contributed by atoms with Crippen molar-refractivity contribution in [1.29, 1.82) is 0 Å². The van der Waals surface area contributed by atoms with Crippen LogP contribution in [0.15, 0.2) is 12.4 Å². The average Bonchev–Trinajstić information content (AvgIpc) is 2.77. The Bertz CT molecular complexity index is 409. The van der Waals surface area contributed by atoms with Crippen molar-refractivity contribution in [3.05, 3.63) is 12.4 Å². The smallest absolute Gasteiger partial charge is 0.217 e. The van der Waals surface area contributed by atoms with E-state index in [0.717, 1.165) is 31.1 Å². The lowest BCUT2D eigenvalue weighted by molar-refractivity contribution is -0.119. The van der Waals surface area contributed by atoms with Crippen molar-refractivity contribution in [2.24, 2.45) is 0 Å². The molecule has 1 aromatic rings. The Balaban J connectivity index is 2.01. The van der Waals surface area contributed by atoms with Gasteiger partial charge in [-0.3, -0.25) is 9.78 Å². The fraction of sp³-hybridized carbons (Fsp3) is 0.545. The van der Waals surface area contributed by atoms with Crippen LogP contribution in [0.5, 0.6) is 0 Å².